The van der Waals surface area contributed by atoms with Crippen molar-refractivity contribution in [2.24, 2.45) is 0 Å². The summed E-state index contributed by atoms with van der Waals surface area (Å²) in [6, 6.07) is 8.32. The van der Waals surface area contributed by atoms with Gasteiger partial charge in [-0.05, 0) is 12.1 Å². The zero-order valence-corrected chi connectivity index (χ0v) is 13.3. The number of hydrogen-bond acceptors (Lipinski definition) is 5. The molecule has 1 unspecified atom stereocenters. The van der Waals surface area contributed by atoms with E-state index in [-0.39, 0.29) is 25.0 Å². The lowest BCUT2D eigenvalue weighted by atomic mass is 10.1. The van der Waals surface area contributed by atoms with E-state index in [1.807, 2.05) is 6.07 Å². The highest BCUT2D eigenvalue weighted by atomic mass is 32.2. The Hall–Kier alpha value is -2.06. The Kier molecular flexibility index (Phi) is 6.42. The molecule has 23 heavy (non-hydrogen) atoms. The molecule has 7 nitrogen and oxygen atoms in total. The first kappa shape index (κ1) is 17.3. The van der Waals surface area contributed by atoms with E-state index in [4.69, 9.17) is 9.84 Å². The van der Waals surface area contributed by atoms with Crippen LogP contribution in [0, 0.1) is 0 Å². The number of carbonyl (C=O) groups is 3. The van der Waals surface area contributed by atoms with Crippen molar-refractivity contribution in [3.63, 3.8) is 0 Å². The number of aliphatic carboxylic acids is 1. The fourth-order valence-corrected chi connectivity index (χ4v) is 3.28. The molecule has 1 aromatic rings. The first-order valence-corrected chi connectivity index (χ1v) is 8.26. The molecule has 2 N–H and O–H groups in total. The van der Waals surface area contributed by atoms with E-state index in [2.05, 4.69) is 5.32 Å². The molecule has 1 atom stereocenters. The van der Waals surface area contributed by atoms with Gasteiger partial charge >= 0.3 is 5.97 Å². The standard InChI is InChI=1S/C15H18N2O5S/c18-13(19)8-22-7-6-16-14(20)12-9-23-10-17(12)15(21)11-4-2-1-3-5-11/h1-5,12H,6-10H2,(H,16,20)(H,18,19). The number of rotatable bonds is 7. The monoisotopic (exact) mass is 338 g/mol. The zero-order valence-electron chi connectivity index (χ0n) is 12.4. The number of carboxylic acid groups (broad SMARTS) is 1. The van der Waals surface area contributed by atoms with Gasteiger partial charge in [0.2, 0.25) is 5.91 Å². The lowest BCUT2D eigenvalue weighted by molar-refractivity contribution is -0.142. The van der Waals surface area contributed by atoms with Gasteiger partial charge in [0.25, 0.3) is 5.91 Å². The molecule has 1 aromatic carbocycles. The predicted molar refractivity (Wildman–Crippen MR) is 85.2 cm³/mol. The third-order valence-corrected chi connectivity index (χ3v) is 4.25. The van der Waals surface area contributed by atoms with Crippen LogP contribution in [-0.2, 0) is 14.3 Å². The van der Waals surface area contributed by atoms with Gasteiger partial charge in [-0.2, -0.15) is 0 Å². The van der Waals surface area contributed by atoms with Crippen molar-refractivity contribution < 1.29 is 24.2 Å². The third kappa shape index (κ3) is 4.97. The van der Waals surface area contributed by atoms with Gasteiger partial charge in [0.05, 0.1) is 12.5 Å². The number of amides is 2. The summed E-state index contributed by atoms with van der Waals surface area (Å²) in [5.74, 6) is -0.457. The molecule has 0 aliphatic carbocycles. The molecule has 1 heterocycles. The molecular formula is C15H18N2O5S. The minimum Gasteiger partial charge on any atom is -0.480 e. The predicted octanol–water partition coefficient (Wildman–Crippen LogP) is 0.419. The van der Waals surface area contributed by atoms with Crippen LogP contribution in [0.25, 0.3) is 0 Å². The average Bonchev–Trinajstić information content (AvgIpc) is 3.04. The van der Waals surface area contributed by atoms with Gasteiger partial charge in [-0.1, -0.05) is 18.2 Å². The van der Waals surface area contributed by atoms with Crippen molar-refractivity contribution >= 4 is 29.5 Å². The van der Waals surface area contributed by atoms with Crippen LogP contribution in [0.3, 0.4) is 0 Å². The van der Waals surface area contributed by atoms with Gasteiger partial charge < -0.3 is 20.1 Å². The minimum atomic E-state index is -1.05. The summed E-state index contributed by atoms with van der Waals surface area (Å²) in [7, 11) is 0. The Bertz CT molecular complexity index is 566. The normalized spacial score (nSPS) is 17.0. The zero-order chi connectivity index (χ0) is 16.7. The van der Waals surface area contributed by atoms with Crippen molar-refractivity contribution in [3.05, 3.63) is 35.9 Å². The van der Waals surface area contributed by atoms with Crippen LogP contribution in [0.1, 0.15) is 10.4 Å². The quantitative estimate of drug-likeness (QED) is 0.700. The van der Waals surface area contributed by atoms with Gasteiger partial charge in [-0.25, -0.2) is 4.79 Å². The summed E-state index contributed by atoms with van der Waals surface area (Å²) < 4.78 is 4.85. The SMILES string of the molecule is O=C(O)COCCNC(=O)C1CSCN1C(=O)c1ccccc1. The summed E-state index contributed by atoms with van der Waals surface area (Å²) in [4.78, 5) is 36.5. The van der Waals surface area contributed by atoms with Crippen molar-refractivity contribution in [2.75, 3.05) is 31.4 Å². The molecule has 0 saturated carbocycles. The van der Waals surface area contributed by atoms with Crippen LogP contribution >= 0.6 is 11.8 Å². The van der Waals surface area contributed by atoms with Crippen LogP contribution < -0.4 is 5.32 Å². The van der Waals surface area contributed by atoms with Crippen molar-refractivity contribution in [1.29, 1.82) is 0 Å². The number of carboxylic acids is 1. The van der Waals surface area contributed by atoms with Gasteiger partial charge in [0.15, 0.2) is 0 Å². The second kappa shape index (κ2) is 8.54. The smallest absolute Gasteiger partial charge is 0.329 e. The van der Waals surface area contributed by atoms with E-state index in [0.717, 1.165) is 0 Å². The highest BCUT2D eigenvalue weighted by Gasteiger charge is 2.34. The van der Waals surface area contributed by atoms with Gasteiger partial charge in [0, 0.05) is 17.9 Å². The molecule has 2 amide bonds. The lowest BCUT2D eigenvalue weighted by Crippen LogP contribution is -2.47. The Morgan fingerprint density at radius 1 is 1.30 bits per heavy atom. The highest BCUT2D eigenvalue weighted by Crippen LogP contribution is 2.23. The molecule has 0 bridgehead atoms. The highest BCUT2D eigenvalue weighted by molar-refractivity contribution is 7.99. The fourth-order valence-electron chi connectivity index (χ4n) is 2.13. The van der Waals surface area contributed by atoms with Gasteiger partial charge in [-0.15, -0.1) is 11.8 Å². The first-order valence-electron chi connectivity index (χ1n) is 7.10. The maximum atomic E-state index is 12.5. The third-order valence-electron chi connectivity index (χ3n) is 3.24. The number of nitrogens with one attached hydrogen (secondary N) is 1. The number of carbonyl (C=O) groups excluding carboxylic acids is 2. The lowest BCUT2D eigenvalue weighted by Gasteiger charge is -2.23. The van der Waals surface area contributed by atoms with Gasteiger partial charge in [0.1, 0.15) is 12.6 Å². The Labute approximate surface area is 138 Å². The van der Waals surface area contributed by atoms with E-state index in [0.29, 0.717) is 17.2 Å². The maximum absolute atomic E-state index is 12.5. The average molecular weight is 338 g/mol. The molecule has 0 spiro atoms. The summed E-state index contributed by atoms with van der Waals surface area (Å²) in [6.07, 6.45) is 0. The molecule has 1 saturated heterocycles. The number of ether oxygens (including phenoxy) is 1. The molecule has 1 aliphatic heterocycles. The minimum absolute atomic E-state index is 0.116. The van der Waals surface area contributed by atoms with Crippen molar-refractivity contribution in [1.82, 2.24) is 10.2 Å². The largest absolute Gasteiger partial charge is 0.480 e. The van der Waals surface area contributed by atoms with E-state index < -0.39 is 18.6 Å². The van der Waals surface area contributed by atoms with E-state index >= 15 is 0 Å². The molecule has 0 radical (unpaired) electrons. The van der Waals surface area contributed by atoms with Crippen LogP contribution in [0.4, 0.5) is 0 Å². The molecular weight excluding hydrogens is 320 g/mol. The van der Waals surface area contributed by atoms with Crippen LogP contribution in [-0.4, -0.2) is 65.2 Å². The molecule has 1 aliphatic rings. The van der Waals surface area contributed by atoms with Crippen molar-refractivity contribution in [3.8, 4) is 0 Å². The molecule has 124 valence electrons. The Balaban J connectivity index is 1.84. The Morgan fingerprint density at radius 2 is 2.04 bits per heavy atom. The molecule has 0 aromatic heterocycles. The fraction of sp³-hybridized carbons (Fsp3) is 0.400. The molecule has 8 heteroatoms. The summed E-state index contributed by atoms with van der Waals surface area (Å²) in [5, 5.41) is 11.1. The summed E-state index contributed by atoms with van der Waals surface area (Å²) in [6.45, 7) is -0.0705. The van der Waals surface area contributed by atoms with E-state index in [1.54, 1.807) is 29.2 Å². The topological polar surface area (TPSA) is 95.9 Å². The Morgan fingerprint density at radius 3 is 2.74 bits per heavy atom. The van der Waals surface area contributed by atoms with Crippen LogP contribution in [0.2, 0.25) is 0 Å². The summed E-state index contributed by atoms with van der Waals surface area (Å²) >= 11 is 1.52. The number of thioether (sulfide) groups is 1. The van der Waals surface area contributed by atoms with E-state index in [9.17, 15) is 14.4 Å². The molecule has 2 rings (SSSR count). The van der Waals surface area contributed by atoms with Crippen molar-refractivity contribution in [2.45, 2.75) is 6.04 Å². The number of nitrogens with zero attached hydrogens (tertiary/aromatic N) is 1. The number of benzene rings is 1. The van der Waals surface area contributed by atoms with E-state index in [1.165, 1.54) is 11.8 Å². The van der Waals surface area contributed by atoms with Gasteiger partial charge in [-0.3, -0.25) is 9.59 Å². The second-order valence-electron chi connectivity index (χ2n) is 4.89. The first-order chi connectivity index (χ1) is 11.1. The second-order valence-corrected chi connectivity index (χ2v) is 5.89. The number of hydrogen-bond donors (Lipinski definition) is 2. The van der Waals surface area contributed by atoms with Crippen LogP contribution in [0.15, 0.2) is 30.3 Å². The molecule has 1 fully saturated rings. The maximum Gasteiger partial charge on any atom is 0.329 e. The summed E-state index contributed by atoms with van der Waals surface area (Å²) in [5.41, 5.74) is 0.553. The van der Waals surface area contributed by atoms with Crippen LogP contribution in [0.5, 0.6) is 0 Å².